The number of unbranched alkanes of at least 4 members (excludes halogenated alkanes) is 1. The molecule has 2 aromatic heterocycles. The first-order valence-corrected chi connectivity index (χ1v) is 10.9. The Kier molecular flexibility index (Phi) is 5.75. The highest BCUT2D eigenvalue weighted by molar-refractivity contribution is 7.18. The first kappa shape index (κ1) is 18.1. The van der Waals surface area contributed by atoms with Crippen molar-refractivity contribution in [1.29, 1.82) is 0 Å². The molecular formula is C21H21N3OS2. The van der Waals surface area contributed by atoms with E-state index < -0.39 is 0 Å². The number of amides is 1. The number of fused-ring (bicyclic) bond motifs is 2. The van der Waals surface area contributed by atoms with Gasteiger partial charge in [0.25, 0.3) is 0 Å². The summed E-state index contributed by atoms with van der Waals surface area (Å²) in [6, 6.07) is 16.4. The molecule has 0 saturated heterocycles. The number of aromatic nitrogens is 2. The maximum absolute atomic E-state index is 12.0. The van der Waals surface area contributed by atoms with Crippen molar-refractivity contribution in [2.45, 2.75) is 32.1 Å². The minimum atomic E-state index is 0.125. The van der Waals surface area contributed by atoms with Gasteiger partial charge in [0.1, 0.15) is 0 Å². The lowest BCUT2D eigenvalue weighted by Gasteiger charge is -2.03. The van der Waals surface area contributed by atoms with Gasteiger partial charge >= 0.3 is 0 Å². The molecule has 0 aliphatic rings. The summed E-state index contributed by atoms with van der Waals surface area (Å²) in [4.78, 5) is 21.3. The molecule has 138 valence electrons. The standard InChI is InChI=1S/C21H21N3OS2/c25-19(22-14-13-21-24-16-8-2-4-10-18(16)27-21)11-5-6-12-20-23-15-7-1-3-9-17(15)26-20/h1-4,7-10H,5-6,11-14H2,(H,22,25). The van der Waals surface area contributed by atoms with Crippen molar-refractivity contribution in [1.82, 2.24) is 15.3 Å². The topological polar surface area (TPSA) is 54.9 Å². The zero-order valence-corrected chi connectivity index (χ0v) is 16.6. The average molecular weight is 396 g/mol. The minimum absolute atomic E-state index is 0.125. The molecule has 0 aliphatic carbocycles. The second kappa shape index (κ2) is 8.59. The van der Waals surface area contributed by atoms with Gasteiger partial charge in [0.05, 0.1) is 30.4 Å². The van der Waals surface area contributed by atoms with Crippen LogP contribution < -0.4 is 5.32 Å². The first-order valence-electron chi connectivity index (χ1n) is 9.23. The lowest BCUT2D eigenvalue weighted by Crippen LogP contribution is -2.25. The van der Waals surface area contributed by atoms with Crippen LogP contribution in [0.1, 0.15) is 29.3 Å². The van der Waals surface area contributed by atoms with Crippen molar-refractivity contribution in [3.05, 3.63) is 58.5 Å². The van der Waals surface area contributed by atoms with E-state index in [1.54, 1.807) is 22.7 Å². The predicted octanol–water partition coefficient (Wildman–Crippen LogP) is 4.98. The number of carbonyl (C=O) groups is 1. The van der Waals surface area contributed by atoms with Gasteiger partial charge < -0.3 is 5.32 Å². The molecule has 0 radical (unpaired) electrons. The van der Waals surface area contributed by atoms with Crippen LogP contribution in [0.3, 0.4) is 0 Å². The number of hydrogen-bond acceptors (Lipinski definition) is 5. The SMILES string of the molecule is O=C(CCCCc1nc2ccccc2s1)NCCc1nc2ccccc2s1. The molecule has 0 saturated carbocycles. The quantitative estimate of drug-likeness (QED) is 0.428. The molecule has 0 atom stereocenters. The van der Waals surface area contributed by atoms with Crippen molar-refractivity contribution in [2.24, 2.45) is 0 Å². The third-order valence-electron chi connectivity index (χ3n) is 4.38. The van der Waals surface area contributed by atoms with Crippen molar-refractivity contribution < 1.29 is 4.79 Å². The predicted molar refractivity (Wildman–Crippen MR) is 114 cm³/mol. The fourth-order valence-corrected chi connectivity index (χ4v) is 4.99. The van der Waals surface area contributed by atoms with Crippen LogP contribution in [-0.2, 0) is 17.6 Å². The number of para-hydroxylation sites is 2. The Morgan fingerprint density at radius 1 is 0.815 bits per heavy atom. The van der Waals surface area contributed by atoms with Crippen molar-refractivity contribution in [3.8, 4) is 0 Å². The second-order valence-electron chi connectivity index (χ2n) is 6.46. The molecule has 4 nitrogen and oxygen atoms in total. The van der Waals surface area contributed by atoms with Gasteiger partial charge in [0.2, 0.25) is 5.91 Å². The molecule has 0 aliphatic heterocycles. The average Bonchev–Trinajstić information content (AvgIpc) is 3.28. The van der Waals surface area contributed by atoms with Gasteiger partial charge in [0, 0.05) is 19.4 Å². The number of benzene rings is 2. The summed E-state index contributed by atoms with van der Waals surface area (Å²) in [5, 5.41) is 5.25. The van der Waals surface area contributed by atoms with Gasteiger partial charge in [-0.1, -0.05) is 24.3 Å². The van der Waals surface area contributed by atoms with Gasteiger partial charge in [-0.15, -0.1) is 22.7 Å². The van der Waals surface area contributed by atoms with E-state index in [4.69, 9.17) is 0 Å². The number of rotatable bonds is 8. The summed E-state index contributed by atoms with van der Waals surface area (Å²) < 4.78 is 2.44. The highest BCUT2D eigenvalue weighted by Gasteiger charge is 2.06. The molecule has 0 spiro atoms. The van der Waals surface area contributed by atoms with Gasteiger partial charge in [-0.2, -0.15) is 0 Å². The molecular weight excluding hydrogens is 374 g/mol. The van der Waals surface area contributed by atoms with E-state index in [0.717, 1.165) is 46.7 Å². The van der Waals surface area contributed by atoms with E-state index in [9.17, 15) is 4.79 Å². The Labute approximate surface area is 166 Å². The van der Waals surface area contributed by atoms with E-state index in [2.05, 4.69) is 27.4 Å². The molecule has 1 amide bonds. The van der Waals surface area contributed by atoms with Crippen LogP contribution in [0.25, 0.3) is 20.4 Å². The number of aryl methyl sites for hydroxylation is 1. The monoisotopic (exact) mass is 395 g/mol. The molecule has 2 heterocycles. The lowest BCUT2D eigenvalue weighted by molar-refractivity contribution is -0.121. The van der Waals surface area contributed by atoms with E-state index in [0.29, 0.717) is 13.0 Å². The zero-order chi connectivity index (χ0) is 18.5. The number of thiazole rings is 2. The van der Waals surface area contributed by atoms with Gasteiger partial charge in [0.15, 0.2) is 0 Å². The summed E-state index contributed by atoms with van der Waals surface area (Å²) in [7, 11) is 0. The summed E-state index contributed by atoms with van der Waals surface area (Å²) in [6.07, 6.45) is 4.19. The van der Waals surface area contributed by atoms with Crippen LogP contribution in [0.2, 0.25) is 0 Å². The largest absolute Gasteiger partial charge is 0.356 e. The van der Waals surface area contributed by atoms with Gasteiger partial charge in [-0.05, 0) is 43.5 Å². The molecule has 2 aromatic carbocycles. The second-order valence-corrected chi connectivity index (χ2v) is 8.69. The van der Waals surface area contributed by atoms with Gasteiger partial charge in [-0.3, -0.25) is 4.79 Å². The van der Waals surface area contributed by atoms with Crippen LogP contribution in [0, 0.1) is 0 Å². The van der Waals surface area contributed by atoms with E-state index in [1.165, 1.54) is 9.40 Å². The molecule has 4 aromatic rings. The Hall–Kier alpha value is -2.31. The maximum Gasteiger partial charge on any atom is 0.220 e. The van der Waals surface area contributed by atoms with Crippen molar-refractivity contribution in [2.75, 3.05) is 6.54 Å². The molecule has 1 N–H and O–H groups in total. The maximum atomic E-state index is 12.0. The Morgan fingerprint density at radius 2 is 1.41 bits per heavy atom. The third-order valence-corrected chi connectivity index (χ3v) is 6.57. The molecule has 6 heteroatoms. The Balaban J connectivity index is 1.15. The first-order chi connectivity index (χ1) is 13.3. The van der Waals surface area contributed by atoms with Crippen LogP contribution >= 0.6 is 22.7 Å². The van der Waals surface area contributed by atoms with Crippen LogP contribution in [-0.4, -0.2) is 22.4 Å². The van der Waals surface area contributed by atoms with E-state index >= 15 is 0 Å². The van der Waals surface area contributed by atoms with Gasteiger partial charge in [-0.25, -0.2) is 9.97 Å². The highest BCUT2D eigenvalue weighted by atomic mass is 32.1. The van der Waals surface area contributed by atoms with E-state index in [-0.39, 0.29) is 5.91 Å². The zero-order valence-electron chi connectivity index (χ0n) is 15.0. The number of carbonyl (C=O) groups excluding carboxylic acids is 1. The van der Waals surface area contributed by atoms with Crippen LogP contribution in [0.4, 0.5) is 0 Å². The van der Waals surface area contributed by atoms with Crippen molar-refractivity contribution >= 4 is 49.0 Å². The number of nitrogens with one attached hydrogen (secondary N) is 1. The smallest absolute Gasteiger partial charge is 0.220 e. The summed E-state index contributed by atoms with van der Waals surface area (Å²) in [5.41, 5.74) is 2.11. The number of nitrogens with zero attached hydrogens (tertiary/aromatic N) is 2. The lowest BCUT2D eigenvalue weighted by atomic mass is 10.2. The van der Waals surface area contributed by atoms with E-state index in [1.807, 2.05) is 36.4 Å². The fraction of sp³-hybridized carbons (Fsp3) is 0.286. The summed E-state index contributed by atoms with van der Waals surface area (Å²) in [6.45, 7) is 0.649. The molecule has 0 bridgehead atoms. The normalized spacial score (nSPS) is 11.3. The van der Waals surface area contributed by atoms with Crippen molar-refractivity contribution in [3.63, 3.8) is 0 Å². The minimum Gasteiger partial charge on any atom is -0.356 e. The molecule has 27 heavy (non-hydrogen) atoms. The Morgan fingerprint density at radius 3 is 2.04 bits per heavy atom. The molecule has 0 fully saturated rings. The fourth-order valence-electron chi connectivity index (χ4n) is 3.01. The van der Waals surface area contributed by atoms with Crippen LogP contribution in [0.5, 0.6) is 0 Å². The third kappa shape index (κ3) is 4.70. The Bertz CT molecular complexity index is 988. The molecule has 4 rings (SSSR count). The highest BCUT2D eigenvalue weighted by Crippen LogP contribution is 2.23. The summed E-state index contributed by atoms with van der Waals surface area (Å²) >= 11 is 3.45. The number of hydrogen-bond donors (Lipinski definition) is 1. The summed E-state index contributed by atoms with van der Waals surface area (Å²) in [5.74, 6) is 0.125. The molecule has 0 unspecified atom stereocenters. The van der Waals surface area contributed by atoms with Crippen LogP contribution in [0.15, 0.2) is 48.5 Å².